The van der Waals surface area contributed by atoms with E-state index in [1.165, 1.54) is 5.69 Å². The molecule has 0 unspecified atom stereocenters. The van der Waals surface area contributed by atoms with Crippen LogP contribution in [0.1, 0.15) is 18.9 Å². The number of amides is 1. The molecule has 5 nitrogen and oxygen atoms in total. The van der Waals surface area contributed by atoms with Gasteiger partial charge in [0, 0.05) is 50.2 Å². The third kappa shape index (κ3) is 4.29. The Kier molecular flexibility index (Phi) is 5.53. The molecule has 0 bridgehead atoms. The van der Waals surface area contributed by atoms with Crippen molar-refractivity contribution in [1.29, 1.82) is 0 Å². The van der Waals surface area contributed by atoms with Crippen LogP contribution in [0.15, 0.2) is 48.8 Å². The normalized spacial score (nSPS) is 17.4. The lowest BCUT2D eigenvalue weighted by molar-refractivity contribution is -0.133. The number of ether oxygens (including phenoxy) is 1. The highest BCUT2D eigenvalue weighted by molar-refractivity contribution is 5.77. The summed E-state index contributed by atoms with van der Waals surface area (Å²) < 4.78 is 5.21. The van der Waals surface area contributed by atoms with E-state index < -0.39 is 0 Å². The van der Waals surface area contributed by atoms with Gasteiger partial charge in [0.05, 0.1) is 7.11 Å². The molecule has 0 N–H and O–H groups in total. The Morgan fingerprint density at radius 1 is 1.16 bits per heavy atom. The Balaban J connectivity index is 1.54. The van der Waals surface area contributed by atoms with Crippen molar-refractivity contribution in [3.05, 3.63) is 54.4 Å². The molecule has 132 valence electrons. The molecule has 1 aliphatic rings. The number of pyridine rings is 1. The van der Waals surface area contributed by atoms with E-state index in [0.717, 1.165) is 37.4 Å². The number of aromatic nitrogens is 1. The van der Waals surface area contributed by atoms with Crippen molar-refractivity contribution in [3.8, 4) is 5.75 Å². The van der Waals surface area contributed by atoms with Crippen LogP contribution in [0.5, 0.6) is 5.75 Å². The first-order valence-corrected chi connectivity index (χ1v) is 8.75. The Morgan fingerprint density at radius 3 is 2.52 bits per heavy atom. The Morgan fingerprint density at radius 2 is 1.88 bits per heavy atom. The predicted octanol–water partition coefficient (Wildman–Crippen LogP) is 2.76. The lowest BCUT2D eigenvalue weighted by Crippen LogP contribution is -2.54. The Labute approximate surface area is 149 Å². The number of anilines is 1. The smallest absolute Gasteiger partial charge is 0.223 e. The molecule has 0 saturated carbocycles. The highest BCUT2D eigenvalue weighted by Crippen LogP contribution is 2.22. The molecule has 0 radical (unpaired) electrons. The van der Waals surface area contributed by atoms with Crippen LogP contribution in [0.3, 0.4) is 0 Å². The summed E-state index contributed by atoms with van der Waals surface area (Å²) in [4.78, 5) is 20.9. The number of aryl methyl sites for hydroxylation is 1. The molecular formula is C20H25N3O2. The van der Waals surface area contributed by atoms with Gasteiger partial charge in [-0.05, 0) is 55.3 Å². The maximum atomic E-state index is 12.6. The molecule has 0 aliphatic carbocycles. The second-order valence-corrected chi connectivity index (χ2v) is 6.44. The summed E-state index contributed by atoms with van der Waals surface area (Å²) in [5, 5.41) is 0. The summed E-state index contributed by atoms with van der Waals surface area (Å²) in [6, 6.07) is 12.3. The van der Waals surface area contributed by atoms with E-state index in [9.17, 15) is 4.79 Å². The standard InChI is InChI=1S/C20H25N3O2/c1-16-15-22(18-4-6-19(25-2)7-5-18)13-14-23(16)20(24)8-3-17-9-11-21-12-10-17/h4-7,9-12,16H,3,8,13-15H2,1-2H3/t16-/m1/s1. The number of methoxy groups -OCH3 is 1. The van der Waals surface area contributed by atoms with Gasteiger partial charge in [-0.2, -0.15) is 0 Å². The zero-order chi connectivity index (χ0) is 17.6. The van der Waals surface area contributed by atoms with Crippen LogP contribution in [-0.4, -0.2) is 48.6 Å². The third-order valence-electron chi connectivity index (χ3n) is 4.76. The minimum atomic E-state index is 0.209. The van der Waals surface area contributed by atoms with E-state index in [0.29, 0.717) is 6.42 Å². The maximum Gasteiger partial charge on any atom is 0.223 e. The first-order valence-electron chi connectivity index (χ1n) is 8.75. The van der Waals surface area contributed by atoms with Gasteiger partial charge in [-0.3, -0.25) is 9.78 Å². The minimum Gasteiger partial charge on any atom is -0.497 e. The summed E-state index contributed by atoms with van der Waals surface area (Å²) in [6.07, 6.45) is 4.87. The van der Waals surface area contributed by atoms with Gasteiger partial charge in [-0.15, -0.1) is 0 Å². The Hall–Kier alpha value is -2.56. The SMILES string of the molecule is COc1ccc(N2CCN(C(=O)CCc3ccncc3)[C@H](C)C2)cc1. The van der Waals surface area contributed by atoms with Gasteiger partial charge in [0.2, 0.25) is 5.91 Å². The largest absolute Gasteiger partial charge is 0.497 e. The molecule has 1 aliphatic heterocycles. The number of hydrogen-bond acceptors (Lipinski definition) is 4. The van der Waals surface area contributed by atoms with Crippen LogP contribution in [-0.2, 0) is 11.2 Å². The van der Waals surface area contributed by atoms with E-state index >= 15 is 0 Å². The second-order valence-electron chi connectivity index (χ2n) is 6.44. The van der Waals surface area contributed by atoms with Crippen LogP contribution in [0, 0.1) is 0 Å². The highest BCUT2D eigenvalue weighted by Gasteiger charge is 2.27. The van der Waals surface area contributed by atoms with Crippen LogP contribution in [0.2, 0.25) is 0 Å². The molecule has 0 spiro atoms. The van der Waals surface area contributed by atoms with Crippen molar-refractivity contribution in [2.45, 2.75) is 25.8 Å². The average Bonchev–Trinajstić information content (AvgIpc) is 2.67. The lowest BCUT2D eigenvalue weighted by atomic mass is 10.1. The molecule has 1 aromatic heterocycles. The maximum absolute atomic E-state index is 12.6. The molecule has 3 rings (SSSR count). The number of benzene rings is 1. The van der Waals surface area contributed by atoms with Crippen molar-refractivity contribution >= 4 is 11.6 Å². The summed E-state index contributed by atoms with van der Waals surface area (Å²) in [7, 11) is 1.67. The molecule has 1 aromatic carbocycles. The first-order chi connectivity index (χ1) is 12.2. The molecule has 1 saturated heterocycles. The quantitative estimate of drug-likeness (QED) is 0.840. The van der Waals surface area contributed by atoms with Crippen molar-refractivity contribution in [3.63, 3.8) is 0 Å². The fraction of sp³-hybridized carbons (Fsp3) is 0.400. The average molecular weight is 339 g/mol. The van der Waals surface area contributed by atoms with Crippen molar-refractivity contribution < 1.29 is 9.53 Å². The summed E-state index contributed by atoms with van der Waals surface area (Å²) in [6.45, 7) is 4.60. The van der Waals surface area contributed by atoms with Gasteiger partial charge in [0.25, 0.3) is 0 Å². The van der Waals surface area contributed by atoms with E-state index in [1.54, 1.807) is 19.5 Å². The van der Waals surface area contributed by atoms with E-state index in [1.807, 2.05) is 29.2 Å². The van der Waals surface area contributed by atoms with Gasteiger partial charge >= 0.3 is 0 Å². The van der Waals surface area contributed by atoms with Crippen LogP contribution >= 0.6 is 0 Å². The topological polar surface area (TPSA) is 45.7 Å². The fourth-order valence-electron chi connectivity index (χ4n) is 3.30. The summed E-state index contributed by atoms with van der Waals surface area (Å²) in [5.41, 5.74) is 2.34. The first kappa shape index (κ1) is 17.3. The minimum absolute atomic E-state index is 0.209. The number of piperazine rings is 1. The molecule has 2 heterocycles. The van der Waals surface area contributed by atoms with Gasteiger partial charge < -0.3 is 14.5 Å². The predicted molar refractivity (Wildman–Crippen MR) is 98.9 cm³/mol. The summed E-state index contributed by atoms with van der Waals surface area (Å²) in [5.74, 6) is 1.10. The van der Waals surface area contributed by atoms with Crippen LogP contribution < -0.4 is 9.64 Å². The zero-order valence-corrected chi connectivity index (χ0v) is 14.9. The van der Waals surface area contributed by atoms with Crippen molar-refractivity contribution in [1.82, 2.24) is 9.88 Å². The highest BCUT2D eigenvalue weighted by atomic mass is 16.5. The number of carbonyl (C=O) groups excluding carboxylic acids is 1. The second kappa shape index (κ2) is 8.01. The molecule has 2 aromatic rings. The molecule has 1 fully saturated rings. The third-order valence-corrected chi connectivity index (χ3v) is 4.76. The zero-order valence-electron chi connectivity index (χ0n) is 14.9. The van der Waals surface area contributed by atoms with E-state index in [4.69, 9.17) is 4.74 Å². The van der Waals surface area contributed by atoms with Crippen LogP contribution in [0.4, 0.5) is 5.69 Å². The van der Waals surface area contributed by atoms with Gasteiger partial charge in [-0.1, -0.05) is 0 Å². The lowest BCUT2D eigenvalue weighted by Gasteiger charge is -2.41. The van der Waals surface area contributed by atoms with Crippen molar-refractivity contribution in [2.24, 2.45) is 0 Å². The number of rotatable bonds is 5. The monoisotopic (exact) mass is 339 g/mol. The summed E-state index contributed by atoms with van der Waals surface area (Å²) >= 11 is 0. The molecule has 1 amide bonds. The van der Waals surface area contributed by atoms with Crippen LogP contribution in [0.25, 0.3) is 0 Å². The number of carbonyl (C=O) groups is 1. The van der Waals surface area contributed by atoms with Gasteiger partial charge in [0.15, 0.2) is 0 Å². The molecule has 5 heteroatoms. The molecule has 1 atom stereocenters. The van der Waals surface area contributed by atoms with Crippen molar-refractivity contribution in [2.75, 3.05) is 31.6 Å². The Bertz CT molecular complexity index is 688. The fourth-order valence-corrected chi connectivity index (χ4v) is 3.30. The van der Waals surface area contributed by atoms with E-state index in [2.05, 4.69) is 28.9 Å². The molecule has 25 heavy (non-hydrogen) atoms. The number of hydrogen-bond donors (Lipinski definition) is 0. The van der Waals surface area contributed by atoms with E-state index in [-0.39, 0.29) is 11.9 Å². The molecular weight excluding hydrogens is 314 g/mol. The van der Waals surface area contributed by atoms with Gasteiger partial charge in [-0.25, -0.2) is 0 Å². The van der Waals surface area contributed by atoms with Gasteiger partial charge in [0.1, 0.15) is 5.75 Å². The number of nitrogens with zero attached hydrogens (tertiary/aromatic N) is 3.